The van der Waals surface area contributed by atoms with E-state index in [4.69, 9.17) is 9.40 Å². The normalized spacial score (nSPS) is 13.4. The Balaban J connectivity index is 0.000000204. The van der Waals surface area contributed by atoms with Crippen LogP contribution in [0.1, 0.15) is 43.2 Å². The van der Waals surface area contributed by atoms with Gasteiger partial charge in [-0.2, -0.15) is 0 Å². The first-order chi connectivity index (χ1) is 23.8. The molecule has 8 rings (SSSR count). The molecular formula is C45H44IrN2OSi-2. The summed E-state index contributed by atoms with van der Waals surface area (Å²) in [5.41, 5.74) is 10.8. The molecule has 50 heavy (non-hydrogen) atoms. The van der Waals surface area contributed by atoms with E-state index in [1.165, 1.54) is 54.0 Å². The van der Waals surface area contributed by atoms with Crippen LogP contribution in [0.4, 0.5) is 0 Å². The Hall–Kier alpha value is -4.15. The SMILES string of the molecule is Cc1cc(-c2[c-]cccc2)ncc1[Si](C)(C)C.[Ir].[c-]1cc(-c2ccccc2)c2c(oc3ccccc32)c1-c1cc(CC2CCCCC2)ccn1. The van der Waals surface area contributed by atoms with Gasteiger partial charge in [-0.1, -0.05) is 140 Å². The van der Waals surface area contributed by atoms with E-state index in [1.54, 1.807) is 0 Å². The number of aromatic nitrogens is 2. The van der Waals surface area contributed by atoms with Crippen molar-refractivity contribution in [1.29, 1.82) is 0 Å². The first-order valence-corrected chi connectivity index (χ1v) is 21.2. The Labute approximate surface area is 311 Å². The average molecular weight is 849 g/mol. The molecule has 0 bridgehead atoms. The van der Waals surface area contributed by atoms with Gasteiger partial charge in [0.1, 0.15) is 5.58 Å². The standard InChI is InChI=1S/C30H26NO.C15H18NSi.Ir/c1-3-9-21(10-4-1)19-22-17-18-31-27(20-22)25-16-15-24(23-11-5-2-6-12-23)29-26-13-7-8-14-28(26)32-30(25)29;1-12-10-14(13-8-6-5-7-9-13)16-11-15(12)17(2,3)4;/h2,5-8,11-15,17-18,20-21H,1,3-4,9-10,19H2;5-8,10-11H,1-4H3;/q2*-1;. The van der Waals surface area contributed by atoms with Crippen LogP contribution in [-0.2, 0) is 26.5 Å². The number of furan rings is 1. The van der Waals surface area contributed by atoms with Crippen molar-refractivity contribution in [3.63, 3.8) is 0 Å². The molecule has 5 heteroatoms. The molecule has 1 radical (unpaired) electrons. The molecule has 255 valence electrons. The Morgan fingerprint density at radius 3 is 2.30 bits per heavy atom. The second-order valence-electron chi connectivity index (χ2n) is 14.4. The maximum Gasteiger partial charge on any atom is 0.120 e. The van der Waals surface area contributed by atoms with Crippen molar-refractivity contribution in [3.05, 3.63) is 139 Å². The molecule has 0 unspecified atom stereocenters. The molecule has 0 amide bonds. The van der Waals surface area contributed by atoms with Crippen LogP contribution < -0.4 is 5.19 Å². The zero-order valence-electron chi connectivity index (χ0n) is 29.4. The Morgan fingerprint density at radius 1 is 0.800 bits per heavy atom. The van der Waals surface area contributed by atoms with Gasteiger partial charge in [0.25, 0.3) is 0 Å². The van der Waals surface area contributed by atoms with Gasteiger partial charge < -0.3 is 14.4 Å². The summed E-state index contributed by atoms with van der Waals surface area (Å²) in [6.45, 7) is 9.24. The van der Waals surface area contributed by atoms with E-state index in [0.717, 1.165) is 62.4 Å². The third-order valence-electron chi connectivity index (χ3n) is 9.77. The van der Waals surface area contributed by atoms with Crippen molar-refractivity contribution in [1.82, 2.24) is 9.97 Å². The van der Waals surface area contributed by atoms with Crippen LogP contribution >= 0.6 is 0 Å². The summed E-state index contributed by atoms with van der Waals surface area (Å²) in [4.78, 5) is 9.31. The zero-order chi connectivity index (χ0) is 33.8. The predicted molar refractivity (Wildman–Crippen MR) is 208 cm³/mol. The fourth-order valence-electron chi connectivity index (χ4n) is 7.31. The molecule has 0 N–H and O–H groups in total. The Morgan fingerprint density at radius 2 is 1.56 bits per heavy atom. The molecule has 3 heterocycles. The average Bonchev–Trinajstić information content (AvgIpc) is 3.52. The summed E-state index contributed by atoms with van der Waals surface area (Å²) in [5, 5.41) is 3.71. The summed E-state index contributed by atoms with van der Waals surface area (Å²) in [7, 11) is -1.27. The molecule has 1 saturated carbocycles. The second-order valence-corrected chi connectivity index (χ2v) is 19.5. The number of nitrogens with zero attached hydrogens (tertiary/aromatic N) is 2. The van der Waals surface area contributed by atoms with E-state index in [-0.39, 0.29) is 20.1 Å². The molecule has 1 aliphatic rings. The summed E-state index contributed by atoms with van der Waals surface area (Å²) in [6.07, 6.45) is 12.0. The van der Waals surface area contributed by atoms with Gasteiger partial charge in [-0.25, -0.2) is 0 Å². The monoisotopic (exact) mass is 849 g/mol. The zero-order valence-corrected chi connectivity index (χ0v) is 32.8. The maximum absolute atomic E-state index is 6.42. The number of aryl methyl sites for hydroxylation is 1. The molecule has 3 aromatic heterocycles. The Kier molecular flexibility index (Phi) is 11.3. The number of pyridine rings is 2. The second kappa shape index (κ2) is 15.8. The van der Waals surface area contributed by atoms with E-state index in [0.29, 0.717) is 0 Å². The number of hydrogen-bond acceptors (Lipinski definition) is 3. The number of hydrogen-bond donors (Lipinski definition) is 0. The van der Waals surface area contributed by atoms with Crippen molar-refractivity contribution in [2.75, 3.05) is 0 Å². The van der Waals surface area contributed by atoms with Gasteiger partial charge in [0.05, 0.1) is 13.7 Å². The molecular weight excluding hydrogens is 805 g/mol. The summed E-state index contributed by atoms with van der Waals surface area (Å²) in [6, 6.07) is 42.2. The molecule has 7 aromatic rings. The van der Waals surface area contributed by atoms with E-state index >= 15 is 0 Å². The minimum absolute atomic E-state index is 0. The van der Waals surface area contributed by atoms with Crippen molar-refractivity contribution < 1.29 is 24.5 Å². The van der Waals surface area contributed by atoms with Crippen LogP contribution in [0.5, 0.6) is 0 Å². The van der Waals surface area contributed by atoms with Gasteiger partial charge >= 0.3 is 0 Å². The smallest absolute Gasteiger partial charge is 0.120 e. The van der Waals surface area contributed by atoms with Crippen molar-refractivity contribution in [2.45, 2.75) is 65.1 Å². The van der Waals surface area contributed by atoms with Crippen molar-refractivity contribution in [2.24, 2.45) is 5.92 Å². The van der Waals surface area contributed by atoms with E-state index in [1.807, 2.05) is 42.6 Å². The van der Waals surface area contributed by atoms with Crippen molar-refractivity contribution >= 4 is 35.2 Å². The topological polar surface area (TPSA) is 38.9 Å². The molecule has 0 saturated heterocycles. The van der Waals surface area contributed by atoms with Gasteiger partial charge in [0.15, 0.2) is 0 Å². The van der Waals surface area contributed by atoms with E-state index < -0.39 is 8.07 Å². The molecule has 0 spiro atoms. The molecule has 0 atom stereocenters. The number of para-hydroxylation sites is 1. The van der Waals surface area contributed by atoms with Gasteiger partial charge in [0, 0.05) is 37.9 Å². The number of rotatable bonds is 6. The van der Waals surface area contributed by atoms with Crippen molar-refractivity contribution in [3.8, 4) is 33.6 Å². The quantitative estimate of drug-likeness (QED) is 0.124. The molecule has 1 aliphatic carbocycles. The van der Waals surface area contributed by atoms with Crippen LogP contribution in [0.3, 0.4) is 0 Å². The van der Waals surface area contributed by atoms with Gasteiger partial charge in [-0.05, 0) is 53.4 Å². The summed E-state index contributed by atoms with van der Waals surface area (Å²) >= 11 is 0. The Bertz CT molecular complexity index is 2180. The molecule has 0 aliphatic heterocycles. The molecule has 3 nitrogen and oxygen atoms in total. The van der Waals surface area contributed by atoms with Gasteiger partial charge in [0.2, 0.25) is 0 Å². The van der Waals surface area contributed by atoms with Crippen LogP contribution in [0, 0.1) is 25.0 Å². The third-order valence-corrected chi connectivity index (χ3v) is 11.9. The van der Waals surface area contributed by atoms with Gasteiger partial charge in [-0.15, -0.1) is 48.0 Å². The van der Waals surface area contributed by atoms with Crippen LogP contribution in [0.15, 0.2) is 120 Å². The van der Waals surface area contributed by atoms with Crippen LogP contribution in [0.25, 0.3) is 55.6 Å². The summed E-state index contributed by atoms with van der Waals surface area (Å²) < 4.78 is 6.42. The van der Waals surface area contributed by atoms with E-state index in [9.17, 15) is 0 Å². The van der Waals surface area contributed by atoms with Crippen LogP contribution in [-0.4, -0.2) is 18.0 Å². The predicted octanol–water partition coefficient (Wildman–Crippen LogP) is 11.6. The maximum atomic E-state index is 6.42. The third kappa shape index (κ3) is 7.91. The minimum atomic E-state index is -1.27. The first kappa shape index (κ1) is 35.7. The number of benzene rings is 4. The fraction of sp³-hybridized carbons (Fsp3) is 0.244. The van der Waals surface area contributed by atoms with Gasteiger partial charge in [-0.3, -0.25) is 0 Å². The summed E-state index contributed by atoms with van der Waals surface area (Å²) in [5.74, 6) is 0.801. The first-order valence-electron chi connectivity index (χ1n) is 17.7. The minimum Gasteiger partial charge on any atom is -0.501 e. The largest absolute Gasteiger partial charge is 0.501 e. The molecule has 1 fully saturated rings. The van der Waals surface area contributed by atoms with Crippen LogP contribution in [0.2, 0.25) is 19.6 Å². The fourth-order valence-corrected chi connectivity index (χ4v) is 9.02. The molecule has 4 aromatic carbocycles. The van der Waals surface area contributed by atoms with E-state index in [2.05, 4.69) is 117 Å². The number of fused-ring (bicyclic) bond motifs is 3.